The molecule has 7 nitrogen and oxygen atoms in total. The summed E-state index contributed by atoms with van der Waals surface area (Å²) in [5, 5.41) is 6.69. The molecule has 112 valence electrons. The fourth-order valence-electron chi connectivity index (χ4n) is 2.39. The number of piperidine rings is 1. The number of nitrogens with zero attached hydrogens (tertiary/aromatic N) is 2. The van der Waals surface area contributed by atoms with Gasteiger partial charge in [0.05, 0.1) is 6.04 Å². The normalized spacial score (nSPS) is 20.1. The quantitative estimate of drug-likeness (QED) is 0.727. The average Bonchev–Trinajstić information content (AvgIpc) is 2.87. The van der Waals surface area contributed by atoms with Crippen LogP contribution in [-0.2, 0) is 4.79 Å². The summed E-state index contributed by atoms with van der Waals surface area (Å²) in [5.41, 5.74) is 11.9. The van der Waals surface area contributed by atoms with Crippen molar-refractivity contribution in [3.63, 3.8) is 0 Å². The maximum absolute atomic E-state index is 11.9. The Hall–Kier alpha value is -1.60. The van der Waals surface area contributed by atoms with Gasteiger partial charge in [-0.1, -0.05) is 0 Å². The largest absolute Gasteiger partial charge is 0.364 e. The van der Waals surface area contributed by atoms with Crippen LogP contribution in [0, 0.1) is 0 Å². The Balaban J connectivity index is 0.00000200. The first-order valence-corrected chi connectivity index (χ1v) is 6.38. The molecule has 1 aliphatic rings. The maximum atomic E-state index is 11.9. The Morgan fingerprint density at radius 1 is 1.55 bits per heavy atom. The number of H-pyrrole nitrogens is 1. The topological polar surface area (TPSA) is 118 Å². The number of likely N-dealkylation sites (tertiary alicyclic amines) is 1. The fourth-order valence-corrected chi connectivity index (χ4v) is 2.39. The van der Waals surface area contributed by atoms with Crippen LogP contribution in [0.25, 0.3) is 0 Å². The second kappa shape index (κ2) is 6.71. The Kier molecular flexibility index (Phi) is 5.52. The first kappa shape index (κ1) is 16.5. The molecular weight excluding hydrogens is 282 g/mol. The number of hydrogen-bond acceptors (Lipinski definition) is 4. The van der Waals surface area contributed by atoms with Gasteiger partial charge in [0.2, 0.25) is 5.91 Å². The second-order valence-corrected chi connectivity index (χ2v) is 4.98. The maximum Gasteiger partial charge on any atom is 0.269 e. The lowest BCUT2D eigenvalue weighted by Gasteiger charge is -2.33. The lowest BCUT2D eigenvalue weighted by Crippen LogP contribution is -2.46. The molecule has 1 fully saturated rings. The van der Waals surface area contributed by atoms with Gasteiger partial charge in [0.15, 0.2) is 0 Å². The van der Waals surface area contributed by atoms with Gasteiger partial charge >= 0.3 is 0 Å². The highest BCUT2D eigenvalue weighted by molar-refractivity contribution is 5.90. The summed E-state index contributed by atoms with van der Waals surface area (Å²) in [6, 6.07) is 1.18. The minimum atomic E-state index is -0.554. The predicted molar refractivity (Wildman–Crippen MR) is 76.6 cm³/mol. The van der Waals surface area contributed by atoms with Crippen LogP contribution in [0.15, 0.2) is 6.07 Å². The molecule has 1 saturated heterocycles. The Bertz CT molecular complexity index is 488. The van der Waals surface area contributed by atoms with Gasteiger partial charge < -0.3 is 16.4 Å². The zero-order valence-corrected chi connectivity index (χ0v) is 12.2. The third-order valence-corrected chi connectivity index (χ3v) is 3.41. The van der Waals surface area contributed by atoms with E-state index < -0.39 is 11.9 Å². The lowest BCUT2D eigenvalue weighted by molar-refractivity contribution is -0.133. The van der Waals surface area contributed by atoms with Gasteiger partial charge in [0.1, 0.15) is 5.69 Å². The van der Waals surface area contributed by atoms with Crippen LogP contribution in [0.2, 0.25) is 0 Å². The van der Waals surface area contributed by atoms with Gasteiger partial charge in [-0.25, -0.2) is 0 Å². The van der Waals surface area contributed by atoms with Crippen molar-refractivity contribution in [2.24, 2.45) is 11.5 Å². The summed E-state index contributed by atoms with van der Waals surface area (Å²) >= 11 is 0. The van der Waals surface area contributed by atoms with E-state index in [2.05, 4.69) is 10.2 Å². The standard InChI is InChI=1S/C12H19N5O2.ClH/c1-7(13)12(19)17-4-2-3-8(6-17)9-5-10(11(14)18)16-15-9;/h5,7-8H,2-4,6,13H2,1H3,(H2,14,18)(H,15,16);1H/t7-,8?;/m1./s1. The first-order valence-electron chi connectivity index (χ1n) is 6.38. The molecule has 2 rings (SSSR count). The molecule has 1 aliphatic heterocycles. The molecule has 0 bridgehead atoms. The van der Waals surface area contributed by atoms with E-state index in [1.54, 1.807) is 17.9 Å². The third kappa shape index (κ3) is 3.49. The summed E-state index contributed by atoms with van der Waals surface area (Å²) in [7, 11) is 0. The SMILES string of the molecule is C[C@@H](N)C(=O)N1CCCC(c2cc(C(N)=O)n[nH]2)C1.Cl. The van der Waals surface area contributed by atoms with E-state index in [4.69, 9.17) is 11.5 Å². The Morgan fingerprint density at radius 3 is 2.80 bits per heavy atom. The Morgan fingerprint density at radius 2 is 2.25 bits per heavy atom. The minimum absolute atomic E-state index is 0. The third-order valence-electron chi connectivity index (χ3n) is 3.41. The van der Waals surface area contributed by atoms with Crippen molar-refractivity contribution in [2.45, 2.75) is 31.7 Å². The summed E-state index contributed by atoms with van der Waals surface area (Å²) in [4.78, 5) is 24.7. The number of primary amides is 1. The molecular formula is C12H20ClN5O2. The Labute approximate surface area is 123 Å². The first-order chi connectivity index (χ1) is 8.99. The molecule has 2 amide bonds. The number of carbonyl (C=O) groups excluding carboxylic acids is 2. The van der Waals surface area contributed by atoms with Crippen molar-refractivity contribution < 1.29 is 9.59 Å². The number of amides is 2. The number of hydrogen-bond donors (Lipinski definition) is 3. The van der Waals surface area contributed by atoms with Crippen molar-refractivity contribution in [1.82, 2.24) is 15.1 Å². The monoisotopic (exact) mass is 301 g/mol. The number of aromatic nitrogens is 2. The molecule has 1 aromatic rings. The van der Waals surface area contributed by atoms with Crippen LogP contribution in [-0.4, -0.2) is 46.0 Å². The van der Waals surface area contributed by atoms with Crippen LogP contribution in [0.1, 0.15) is 41.9 Å². The highest BCUT2D eigenvalue weighted by atomic mass is 35.5. The van der Waals surface area contributed by atoms with Gasteiger partial charge in [-0.15, -0.1) is 12.4 Å². The summed E-state index contributed by atoms with van der Waals surface area (Å²) in [6.07, 6.45) is 1.86. The van der Waals surface area contributed by atoms with Crippen LogP contribution in [0.5, 0.6) is 0 Å². The molecule has 2 heterocycles. The molecule has 8 heteroatoms. The summed E-state index contributed by atoms with van der Waals surface area (Å²) in [5.74, 6) is -0.446. The van der Waals surface area contributed by atoms with Gasteiger partial charge in [-0.05, 0) is 25.8 Å². The van der Waals surface area contributed by atoms with E-state index in [1.807, 2.05) is 0 Å². The summed E-state index contributed by atoms with van der Waals surface area (Å²) in [6.45, 7) is 3.02. The number of halogens is 1. The van der Waals surface area contributed by atoms with Crippen molar-refractivity contribution >= 4 is 24.2 Å². The highest BCUT2D eigenvalue weighted by Gasteiger charge is 2.27. The van der Waals surface area contributed by atoms with Crippen molar-refractivity contribution in [2.75, 3.05) is 13.1 Å². The number of rotatable bonds is 3. The lowest BCUT2D eigenvalue weighted by atomic mass is 9.94. The van der Waals surface area contributed by atoms with Gasteiger partial charge in [0, 0.05) is 24.7 Å². The van der Waals surface area contributed by atoms with E-state index in [0.717, 1.165) is 25.1 Å². The number of nitrogens with one attached hydrogen (secondary N) is 1. The fraction of sp³-hybridized carbons (Fsp3) is 0.583. The van der Waals surface area contributed by atoms with E-state index in [1.165, 1.54) is 0 Å². The minimum Gasteiger partial charge on any atom is -0.364 e. The van der Waals surface area contributed by atoms with Crippen molar-refractivity contribution in [3.05, 3.63) is 17.5 Å². The van der Waals surface area contributed by atoms with Crippen LogP contribution in [0.3, 0.4) is 0 Å². The zero-order chi connectivity index (χ0) is 14.0. The smallest absolute Gasteiger partial charge is 0.269 e. The molecule has 0 spiro atoms. The molecule has 20 heavy (non-hydrogen) atoms. The molecule has 0 aliphatic carbocycles. The highest BCUT2D eigenvalue weighted by Crippen LogP contribution is 2.26. The molecule has 1 aromatic heterocycles. The zero-order valence-electron chi connectivity index (χ0n) is 11.3. The van der Waals surface area contributed by atoms with Crippen LogP contribution >= 0.6 is 12.4 Å². The average molecular weight is 302 g/mol. The van der Waals surface area contributed by atoms with Gasteiger partial charge in [-0.2, -0.15) is 5.10 Å². The van der Waals surface area contributed by atoms with Crippen LogP contribution in [0.4, 0.5) is 0 Å². The van der Waals surface area contributed by atoms with Crippen molar-refractivity contribution in [1.29, 1.82) is 0 Å². The second-order valence-electron chi connectivity index (χ2n) is 4.98. The molecule has 5 N–H and O–H groups in total. The van der Waals surface area contributed by atoms with Crippen molar-refractivity contribution in [3.8, 4) is 0 Å². The molecule has 0 aromatic carbocycles. The van der Waals surface area contributed by atoms with E-state index in [0.29, 0.717) is 6.54 Å². The predicted octanol–water partition coefficient (Wildman–Crippen LogP) is -0.0164. The van der Waals surface area contributed by atoms with Crippen LogP contribution < -0.4 is 11.5 Å². The number of nitrogens with two attached hydrogens (primary N) is 2. The molecule has 2 atom stereocenters. The molecule has 0 radical (unpaired) electrons. The number of aromatic amines is 1. The van der Waals surface area contributed by atoms with Gasteiger partial charge in [-0.3, -0.25) is 14.7 Å². The number of carbonyl (C=O) groups is 2. The van der Waals surface area contributed by atoms with E-state index in [-0.39, 0.29) is 29.9 Å². The summed E-state index contributed by atoms with van der Waals surface area (Å²) < 4.78 is 0. The van der Waals surface area contributed by atoms with E-state index in [9.17, 15) is 9.59 Å². The van der Waals surface area contributed by atoms with E-state index >= 15 is 0 Å². The van der Waals surface area contributed by atoms with Gasteiger partial charge in [0.25, 0.3) is 5.91 Å². The molecule has 1 unspecified atom stereocenters. The molecule has 0 saturated carbocycles.